The highest BCUT2D eigenvalue weighted by Gasteiger charge is 2.42. The number of rotatable bonds is 1. The zero-order valence-electron chi connectivity index (χ0n) is 6.26. The summed E-state index contributed by atoms with van der Waals surface area (Å²) in [6.45, 7) is 0. The van der Waals surface area contributed by atoms with Gasteiger partial charge in [-0.15, -0.1) is 0 Å². The summed E-state index contributed by atoms with van der Waals surface area (Å²) in [5, 5.41) is 10.0. The molecule has 2 rings (SSSR count). The van der Waals surface area contributed by atoms with Crippen LogP contribution in [0.2, 0.25) is 0 Å². The van der Waals surface area contributed by atoms with E-state index in [2.05, 4.69) is 15.9 Å². The second kappa shape index (κ2) is 2.46. The van der Waals surface area contributed by atoms with Gasteiger partial charge in [0, 0.05) is 6.42 Å². The molecule has 0 aliphatic heterocycles. The molecule has 0 aromatic rings. The number of halogens is 1. The number of aliphatic hydroxyl groups is 1. The minimum Gasteiger partial charge on any atom is -0.385 e. The Morgan fingerprint density at radius 1 is 1.55 bits per heavy atom. The molecule has 11 heavy (non-hydrogen) atoms. The molecule has 0 saturated heterocycles. The first kappa shape index (κ1) is 7.56. The fourth-order valence-corrected chi connectivity index (χ4v) is 2.17. The summed E-state index contributed by atoms with van der Waals surface area (Å²) in [5.74, 6) is 0.514. The van der Waals surface area contributed by atoms with Crippen LogP contribution in [-0.2, 0) is 0 Å². The molecule has 60 valence electrons. The summed E-state index contributed by atoms with van der Waals surface area (Å²) in [6, 6.07) is 0. The van der Waals surface area contributed by atoms with E-state index >= 15 is 0 Å². The first-order valence-electron chi connectivity index (χ1n) is 3.97. The SMILES string of the molecule is OC1(C2CC2)C=CC=C(Br)C1. The van der Waals surface area contributed by atoms with E-state index in [1.54, 1.807) is 0 Å². The Balaban J connectivity index is 2.16. The van der Waals surface area contributed by atoms with Crippen molar-refractivity contribution in [1.29, 1.82) is 0 Å². The lowest BCUT2D eigenvalue weighted by molar-refractivity contribution is 0.0687. The van der Waals surface area contributed by atoms with E-state index in [0.717, 1.165) is 10.9 Å². The molecule has 2 aliphatic carbocycles. The molecule has 1 N–H and O–H groups in total. The smallest absolute Gasteiger partial charge is 0.0904 e. The third-order valence-electron chi connectivity index (χ3n) is 2.40. The van der Waals surface area contributed by atoms with Gasteiger partial charge in [-0.3, -0.25) is 0 Å². The molecule has 1 fully saturated rings. The Bertz CT molecular complexity index is 228. The maximum atomic E-state index is 10.0. The van der Waals surface area contributed by atoms with Crippen LogP contribution in [0, 0.1) is 5.92 Å². The first-order chi connectivity index (χ1) is 5.21. The molecule has 2 heteroatoms. The van der Waals surface area contributed by atoms with E-state index in [9.17, 15) is 5.11 Å². The summed E-state index contributed by atoms with van der Waals surface area (Å²) in [4.78, 5) is 0. The summed E-state index contributed by atoms with van der Waals surface area (Å²) < 4.78 is 1.11. The lowest BCUT2D eigenvalue weighted by atomic mass is 9.90. The van der Waals surface area contributed by atoms with Gasteiger partial charge in [0.25, 0.3) is 0 Å². The van der Waals surface area contributed by atoms with Crippen LogP contribution in [0.4, 0.5) is 0 Å². The fourth-order valence-electron chi connectivity index (χ4n) is 1.57. The van der Waals surface area contributed by atoms with Crippen LogP contribution in [0.1, 0.15) is 19.3 Å². The molecule has 1 saturated carbocycles. The molecular formula is C9H11BrO. The second-order valence-electron chi connectivity index (χ2n) is 3.41. The van der Waals surface area contributed by atoms with E-state index in [1.165, 1.54) is 12.8 Å². The number of hydrogen-bond acceptors (Lipinski definition) is 1. The van der Waals surface area contributed by atoms with Crippen molar-refractivity contribution in [1.82, 2.24) is 0 Å². The van der Waals surface area contributed by atoms with Crippen LogP contribution in [0.25, 0.3) is 0 Å². The normalized spacial score (nSPS) is 37.1. The highest BCUT2D eigenvalue weighted by molar-refractivity contribution is 9.11. The van der Waals surface area contributed by atoms with Gasteiger partial charge in [0.15, 0.2) is 0 Å². The summed E-state index contributed by atoms with van der Waals surface area (Å²) in [7, 11) is 0. The number of allylic oxidation sites excluding steroid dienone is 2. The van der Waals surface area contributed by atoms with Crippen molar-refractivity contribution >= 4 is 15.9 Å². The predicted molar refractivity (Wildman–Crippen MR) is 48.4 cm³/mol. The van der Waals surface area contributed by atoms with Crippen LogP contribution >= 0.6 is 15.9 Å². The molecular weight excluding hydrogens is 204 g/mol. The van der Waals surface area contributed by atoms with E-state index in [1.807, 2.05) is 18.2 Å². The molecule has 1 unspecified atom stereocenters. The van der Waals surface area contributed by atoms with E-state index in [0.29, 0.717) is 5.92 Å². The third kappa shape index (κ3) is 1.42. The summed E-state index contributed by atoms with van der Waals surface area (Å²) in [6.07, 6.45) is 8.98. The molecule has 2 aliphatic rings. The van der Waals surface area contributed by atoms with Gasteiger partial charge in [-0.05, 0) is 23.2 Å². The Morgan fingerprint density at radius 3 is 2.82 bits per heavy atom. The molecule has 0 aromatic carbocycles. The quantitative estimate of drug-likeness (QED) is 0.711. The molecule has 0 spiro atoms. The second-order valence-corrected chi connectivity index (χ2v) is 4.43. The van der Waals surface area contributed by atoms with Crippen LogP contribution in [-0.4, -0.2) is 10.7 Å². The minimum absolute atomic E-state index is 0.514. The van der Waals surface area contributed by atoms with Crippen molar-refractivity contribution in [2.75, 3.05) is 0 Å². The summed E-state index contributed by atoms with van der Waals surface area (Å²) >= 11 is 3.41. The van der Waals surface area contributed by atoms with Gasteiger partial charge in [0.05, 0.1) is 5.60 Å². The van der Waals surface area contributed by atoms with Crippen molar-refractivity contribution in [3.8, 4) is 0 Å². The molecule has 0 amide bonds. The standard InChI is InChI=1S/C9H11BrO/c10-8-2-1-5-9(11,6-8)7-3-4-7/h1-2,5,7,11H,3-4,6H2. The number of hydrogen-bond donors (Lipinski definition) is 1. The van der Waals surface area contributed by atoms with Crippen LogP contribution in [0.3, 0.4) is 0 Å². The zero-order valence-corrected chi connectivity index (χ0v) is 7.84. The molecule has 0 radical (unpaired) electrons. The maximum Gasteiger partial charge on any atom is 0.0904 e. The van der Waals surface area contributed by atoms with Crippen LogP contribution < -0.4 is 0 Å². The van der Waals surface area contributed by atoms with Gasteiger partial charge in [0.2, 0.25) is 0 Å². The van der Waals surface area contributed by atoms with Gasteiger partial charge >= 0.3 is 0 Å². The van der Waals surface area contributed by atoms with Gasteiger partial charge in [-0.1, -0.05) is 34.2 Å². The Morgan fingerprint density at radius 2 is 2.27 bits per heavy atom. The monoisotopic (exact) mass is 214 g/mol. The molecule has 0 bridgehead atoms. The van der Waals surface area contributed by atoms with E-state index < -0.39 is 5.60 Å². The van der Waals surface area contributed by atoms with Crippen molar-refractivity contribution in [2.45, 2.75) is 24.9 Å². The topological polar surface area (TPSA) is 20.2 Å². The molecule has 0 heterocycles. The zero-order chi connectivity index (χ0) is 7.90. The van der Waals surface area contributed by atoms with Gasteiger partial charge in [0.1, 0.15) is 0 Å². The molecule has 1 nitrogen and oxygen atoms in total. The van der Waals surface area contributed by atoms with Crippen LogP contribution in [0.5, 0.6) is 0 Å². The van der Waals surface area contributed by atoms with E-state index in [-0.39, 0.29) is 0 Å². The highest BCUT2D eigenvalue weighted by atomic mass is 79.9. The van der Waals surface area contributed by atoms with Gasteiger partial charge in [-0.25, -0.2) is 0 Å². The Labute approximate surface area is 74.9 Å². The third-order valence-corrected chi connectivity index (χ3v) is 2.94. The Hall–Kier alpha value is -0.0800. The summed E-state index contributed by atoms with van der Waals surface area (Å²) in [5.41, 5.74) is -0.534. The van der Waals surface area contributed by atoms with E-state index in [4.69, 9.17) is 0 Å². The van der Waals surface area contributed by atoms with Gasteiger partial charge in [-0.2, -0.15) is 0 Å². The largest absolute Gasteiger partial charge is 0.385 e. The highest BCUT2D eigenvalue weighted by Crippen LogP contribution is 2.45. The fraction of sp³-hybridized carbons (Fsp3) is 0.556. The van der Waals surface area contributed by atoms with Crippen molar-refractivity contribution in [3.05, 3.63) is 22.7 Å². The minimum atomic E-state index is -0.534. The van der Waals surface area contributed by atoms with Crippen molar-refractivity contribution < 1.29 is 5.11 Å². The van der Waals surface area contributed by atoms with Crippen molar-refractivity contribution in [3.63, 3.8) is 0 Å². The molecule has 1 atom stereocenters. The first-order valence-corrected chi connectivity index (χ1v) is 4.76. The lowest BCUT2D eigenvalue weighted by Gasteiger charge is -2.26. The maximum absolute atomic E-state index is 10.0. The predicted octanol–water partition coefficient (Wildman–Crippen LogP) is 2.37. The average molecular weight is 215 g/mol. The molecule has 0 aromatic heterocycles. The lowest BCUT2D eigenvalue weighted by Crippen LogP contribution is -2.29. The van der Waals surface area contributed by atoms with Crippen LogP contribution in [0.15, 0.2) is 22.7 Å². The van der Waals surface area contributed by atoms with Crippen molar-refractivity contribution in [2.24, 2.45) is 5.92 Å². The Kier molecular flexibility index (Phi) is 1.69. The van der Waals surface area contributed by atoms with Gasteiger partial charge < -0.3 is 5.11 Å². The average Bonchev–Trinajstić information content (AvgIpc) is 2.66.